The van der Waals surface area contributed by atoms with Crippen molar-refractivity contribution in [3.63, 3.8) is 0 Å². The van der Waals surface area contributed by atoms with E-state index < -0.39 is 0 Å². The summed E-state index contributed by atoms with van der Waals surface area (Å²) in [6, 6.07) is 7.40. The molecule has 0 atom stereocenters. The Hall–Kier alpha value is -2.43. The number of hydrogen-bond donors (Lipinski definition) is 2. The van der Waals surface area contributed by atoms with Crippen LogP contribution in [0.3, 0.4) is 0 Å². The molecule has 3 aromatic heterocycles. The lowest BCUT2D eigenvalue weighted by Crippen LogP contribution is -1.97. The summed E-state index contributed by atoms with van der Waals surface area (Å²) in [5, 5.41) is 5.73. The van der Waals surface area contributed by atoms with Crippen molar-refractivity contribution in [3.05, 3.63) is 47.0 Å². The molecule has 0 saturated heterocycles. The second kappa shape index (κ2) is 3.30. The molecular formula is C11H8N4O. The van der Waals surface area contributed by atoms with Gasteiger partial charge < -0.3 is 0 Å². The summed E-state index contributed by atoms with van der Waals surface area (Å²) in [4.78, 5) is 19.8. The molecule has 0 aromatic carbocycles. The topological polar surface area (TPSA) is 74.4 Å². The molecule has 0 spiro atoms. The van der Waals surface area contributed by atoms with E-state index in [1.54, 1.807) is 18.5 Å². The highest BCUT2D eigenvalue weighted by molar-refractivity contribution is 5.79. The van der Waals surface area contributed by atoms with Crippen LogP contribution in [-0.2, 0) is 0 Å². The maximum atomic E-state index is 11.4. The van der Waals surface area contributed by atoms with Crippen LogP contribution < -0.4 is 5.56 Å². The van der Waals surface area contributed by atoms with Gasteiger partial charge >= 0.3 is 0 Å². The Bertz CT molecular complexity index is 684. The highest BCUT2D eigenvalue weighted by atomic mass is 16.1. The second-order valence-corrected chi connectivity index (χ2v) is 3.41. The molecule has 0 fully saturated rings. The van der Waals surface area contributed by atoms with Gasteiger partial charge in [0.05, 0.1) is 11.1 Å². The molecule has 0 amide bonds. The van der Waals surface area contributed by atoms with Crippen LogP contribution in [-0.4, -0.2) is 20.2 Å². The Morgan fingerprint density at radius 2 is 2.06 bits per heavy atom. The first-order valence-electron chi connectivity index (χ1n) is 4.82. The van der Waals surface area contributed by atoms with Crippen molar-refractivity contribution in [1.82, 2.24) is 20.2 Å². The van der Waals surface area contributed by atoms with E-state index in [0.29, 0.717) is 11.0 Å². The molecule has 0 aliphatic rings. The van der Waals surface area contributed by atoms with Crippen molar-refractivity contribution in [2.24, 2.45) is 0 Å². The third kappa shape index (κ3) is 1.30. The van der Waals surface area contributed by atoms with Gasteiger partial charge in [0.1, 0.15) is 0 Å². The average molecular weight is 212 g/mol. The lowest BCUT2D eigenvalue weighted by atomic mass is 10.1. The third-order valence-electron chi connectivity index (χ3n) is 2.39. The van der Waals surface area contributed by atoms with E-state index in [1.165, 1.54) is 0 Å². The molecule has 3 aromatic rings. The van der Waals surface area contributed by atoms with Crippen LogP contribution in [0, 0.1) is 0 Å². The van der Waals surface area contributed by atoms with Crippen LogP contribution in [0.15, 0.2) is 41.5 Å². The van der Waals surface area contributed by atoms with Gasteiger partial charge in [0.15, 0.2) is 5.65 Å². The fourth-order valence-electron chi connectivity index (χ4n) is 1.59. The van der Waals surface area contributed by atoms with E-state index in [9.17, 15) is 4.79 Å². The zero-order valence-electron chi connectivity index (χ0n) is 8.27. The van der Waals surface area contributed by atoms with Gasteiger partial charge in [-0.2, -0.15) is 0 Å². The number of H-pyrrole nitrogens is 2. The van der Waals surface area contributed by atoms with Crippen LogP contribution in [0.5, 0.6) is 0 Å². The predicted molar refractivity (Wildman–Crippen MR) is 59.9 cm³/mol. The van der Waals surface area contributed by atoms with E-state index in [4.69, 9.17) is 0 Å². The number of rotatable bonds is 1. The first-order valence-corrected chi connectivity index (χ1v) is 4.82. The van der Waals surface area contributed by atoms with Crippen LogP contribution in [0.25, 0.3) is 22.3 Å². The number of nitrogens with zero attached hydrogens (tertiary/aromatic N) is 2. The van der Waals surface area contributed by atoms with Crippen molar-refractivity contribution in [2.75, 3.05) is 0 Å². The number of hydrogen-bond acceptors (Lipinski definition) is 3. The van der Waals surface area contributed by atoms with Crippen molar-refractivity contribution >= 4 is 11.0 Å². The summed E-state index contributed by atoms with van der Waals surface area (Å²) >= 11 is 0. The number of aromatic nitrogens is 4. The van der Waals surface area contributed by atoms with Gasteiger partial charge in [-0.05, 0) is 18.2 Å². The van der Waals surface area contributed by atoms with E-state index in [2.05, 4.69) is 20.2 Å². The molecular weight excluding hydrogens is 204 g/mol. The van der Waals surface area contributed by atoms with Crippen molar-refractivity contribution in [1.29, 1.82) is 0 Å². The standard InChI is InChI=1S/C11H8N4O/c16-11-8-5-7(6-13-10(8)14-15-11)9-3-1-2-4-12-9/h1-6H,(H2,13,14,15,16). The summed E-state index contributed by atoms with van der Waals surface area (Å²) in [7, 11) is 0. The molecule has 3 heterocycles. The number of fused-ring (bicyclic) bond motifs is 1. The Morgan fingerprint density at radius 1 is 1.12 bits per heavy atom. The summed E-state index contributed by atoms with van der Waals surface area (Å²) in [5.41, 5.74) is 2.03. The fourth-order valence-corrected chi connectivity index (χ4v) is 1.59. The lowest BCUT2D eigenvalue weighted by Gasteiger charge is -1.98. The van der Waals surface area contributed by atoms with Gasteiger partial charge in [-0.15, -0.1) is 0 Å². The van der Waals surface area contributed by atoms with Crippen LogP contribution >= 0.6 is 0 Å². The first-order chi connectivity index (χ1) is 7.84. The van der Waals surface area contributed by atoms with E-state index >= 15 is 0 Å². The maximum absolute atomic E-state index is 11.4. The van der Waals surface area contributed by atoms with Gasteiger partial charge in [-0.3, -0.25) is 20.0 Å². The smallest absolute Gasteiger partial charge is 0.273 e. The van der Waals surface area contributed by atoms with Crippen LogP contribution in [0.2, 0.25) is 0 Å². The number of nitrogens with one attached hydrogen (secondary N) is 2. The summed E-state index contributed by atoms with van der Waals surface area (Å²) < 4.78 is 0. The van der Waals surface area contributed by atoms with Crippen LogP contribution in [0.1, 0.15) is 0 Å². The third-order valence-corrected chi connectivity index (χ3v) is 2.39. The molecule has 0 aliphatic carbocycles. The summed E-state index contributed by atoms with van der Waals surface area (Å²) in [5.74, 6) is 0. The van der Waals surface area contributed by atoms with Gasteiger partial charge in [-0.25, -0.2) is 4.98 Å². The molecule has 3 rings (SSSR count). The minimum Gasteiger partial charge on any atom is -0.281 e. The molecule has 0 radical (unpaired) electrons. The Kier molecular flexibility index (Phi) is 1.83. The van der Waals surface area contributed by atoms with E-state index in [-0.39, 0.29) is 5.56 Å². The number of pyridine rings is 2. The van der Waals surface area contributed by atoms with E-state index in [0.717, 1.165) is 11.3 Å². The fraction of sp³-hybridized carbons (Fsp3) is 0. The summed E-state index contributed by atoms with van der Waals surface area (Å²) in [6.45, 7) is 0. The molecule has 0 bridgehead atoms. The molecule has 0 saturated carbocycles. The Balaban J connectivity index is 2.26. The zero-order chi connectivity index (χ0) is 11.0. The zero-order valence-corrected chi connectivity index (χ0v) is 8.27. The largest absolute Gasteiger partial charge is 0.281 e. The van der Waals surface area contributed by atoms with Gasteiger partial charge in [-0.1, -0.05) is 6.07 Å². The molecule has 5 heteroatoms. The molecule has 5 nitrogen and oxygen atoms in total. The van der Waals surface area contributed by atoms with Crippen molar-refractivity contribution < 1.29 is 0 Å². The van der Waals surface area contributed by atoms with Crippen molar-refractivity contribution in [2.45, 2.75) is 0 Å². The van der Waals surface area contributed by atoms with Crippen LogP contribution in [0.4, 0.5) is 0 Å². The van der Waals surface area contributed by atoms with Gasteiger partial charge in [0.25, 0.3) is 5.56 Å². The molecule has 0 unspecified atom stereocenters. The average Bonchev–Trinajstić information content (AvgIpc) is 2.72. The minimum absolute atomic E-state index is 0.166. The highest BCUT2D eigenvalue weighted by Crippen LogP contribution is 2.17. The van der Waals surface area contributed by atoms with Crippen molar-refractivity contribution in [3.8, 4) is 11.3 Å². The SMILES string of the molecule is O=c1[nH][nH]c2ncc(-c3ccccn3)cc12. The second-order valence-electron chi connectivity index (χ2n) is 3.41. The highest BCUT2D eigenvalue weighted by Gasteiger charge is 2.05. The number of aromatic amines is 2. The lowest BCUT2D eigenvalue weighted by molar-refractivity contribution is 1.06. The molecule has 78 valence electrons. The Morgan fingerprint density at radius 3 is 2.88 bits per heavy atom. The predicted octanol–water partition coefficient (Wildman–Crippen LogP) is 1.31. The summed E-state index contributed by atoms with van der Waals surface area (Å²) in [6.07, 6.45) is 3.40. The minimum atomic E-state index is -0.166. The van der Waals surface area contributed by atoms with Gasteiger partial charge in [0.2, 0.25) is 0 Å². The monoisotopic (exact) mass is 212 g/mol. The molecule has 2 N–H and O–H groups in total. The van der Waals surface area contributed by atoms with E-state index in [1.807, 2.05) is 18.2 Å². The molecule has 0 aliphatic heterocycles. The normalized spacial score (nSPS) is 10.8. The molecule has 16 heavy (non-hydrogen) atoms. The Labute approximate surface area is 90.2 Å². The first kappa shape index (κ1) is 8.84. The maximum Gasteiger partial charge on any atom is 0.273 e. The quantitative estimate of drug-likeness (QED) is 0.638. The van der Waals surface area contributed by atoms with Gasteiger partial charge in [0, 0.05) is 18.0 Å².